The first-order valence-corrected chi connectivity index (χ1v) is 6.59. The number of hydrogen-bond donors (Lipinski definition) is 2. The van der Waals surface area contributed by atoms with Crippen LogP contribution in [0.5, 0.6) is 0 Å². The first-order valence-electron chi connectivity index (χ1n) is 6.59. The number of hydrogen-bond acceptors (Lipinski definition) is 3. The fraction of sp³-hybridized carbons (Fsp3) is 0.357. The molecule has 21 heavy (non-hydrogen) atoms. The van der Waals surface area contributed by atoms with Crippen LogP contribution in [0.25, 0.3) is 5.82 Å². The third kappa shape index (κ3) is 2.96. The quantitative estimate of drug-likeness (QED) is 0.860. The molecule has 0 aromatic carbocycles. The minimum atomic E-state index is -0.946. The van der Waals surface area contributed by atoms with Crippen molar-refractivity contribution >= 4 is 11.9 Å². The van der Waals surface area contributed by atoms with E-state index in [1.165, 1.54) is 6.20 Å². The maximum atomic E-state index is 12.2. The molecule has 0 bridgehead atoms. The van der Waals surface area contributed by atoms with Crippen molar-refractivity contribution in [3.8, 4) is 5.82 Å². The number of carboxylic acid groups (broad SMARTS) is 1. The van der Waals surface area contributed by atoms with E-state index in [0.29, 0.717) is 11.4 Å². The number of carbonyl (C=O) groups is 2. The number of aromatic nitrogens is 3. The summed E-state index contributed by atoms with van der Waals surface area (Å²) in [4.78, 5) is 22.7. The summed E-state index contributed by atoms with van der Waals surface area (Å²) in [5.41, 5.74) is 2.41. The Balaban J connectivity index is 2.30. The van der Waals surface area contributed by atoms with Crippen LogP contribution in [-0.2, 0) is 11.8 Å². The van der Waals surface area contributed by atoms with Gasteiger partial charge in [-0.1, -0.05) is 0 Å². The largest absolute Gasteiger partial charge is 0.481 e. The fourth-order valence-corrected chi connectivity index (χ4v) is 2.24. The minimum absolute atomic E-state index is 0.0894. The molecule has 2 aromatic rings. The highest BCUT2D eigenvalue weighted by Crippen LogP contribution is 2.19. The molecule has 7 heteroatoms. The third-order valence-corrected chi connectivity index (χ3v) is 3.26. The Hall–Kier alpha value is -2.57. The zero-order valence-electron chi connectivity index (χ0n) is 12.3. The van der Waals surface area contributed by atoms with Crippen LogP contribution >= 0.6 is 0 Å². The number of carbonyl (C=O) groups excluding carboxylic acids is 1. The number of amides is 1. The molecule has 0 aliphatic carbocycles. The lowest BCUT2D eigenvalue weighted by atomic mass is 10.2. The van der Waals surface area contributed by atoms with Gasteiger partial charge >= 0.3 is 5.97 Å². The van der Waals surface area contributed by atoms with E-state index in [0.717, 1.165) is 11.4 Å². The van der Waals surface area contributed by atoms with Gasteiger partial charge in [0.15, 0.2) is 0 Å². The van der Waals surface area contributed by atoms with Gasteiger partial charge in [-0.25, -0.2) is 0 Å². The van der Waals surface area contributed by atoms with E-state index in [1.807, 2.05) is 30.5 Å². The lowest BCUT2D eigenvalue weighted by molar-refractivity contribution is -0.136. The number of nitrogens with one attached hydrogen (secondary N) is 1. The molecule has 0 aliphatic heterocycles. The second kappa shape index (κ2) is 5.82. The SMILES string of the molecule is Cc1ccc(C)n1-c1c(C(=O)NCCC(=O)O)cnn1C. The zero-order valence-corrected chi connectivity index (χ0v) is 12.3. The van der Waals surface area contributed by atoms with Gasteiger partial charge in [-0.3, -0.25) is 14.3 Å². The molecule has 2 aromatic heterocycles. The Kier molecular flexibility index (Phi) is 4.11. The summed E-state index contributed by atoms with van der Waals surface area (Å²) in [6.45, 7) is 3.99. The Morgan fingerprint density at radius 2 is 1.90 bits per heavy atom. The molecule has 0 spiro atoms. The van der Waals surface area contributed by atoms with Crippen molar-refractivity contribution < 1.29 is 14.7 Å². The van der Waals surface area contributed by atoms with E-state index in [9.17, 15) is 9.59 Å². The van der Waals surface area contributed by atoms with Crippen LogP contribution in [-0.4, -0.2) is 37.9 Å². The van der Waals surface area contributed by atoms with Crippen LogP contribution < -0.4 is 5.32 Å². The van der Waals surface area contributed by atoms with E-state index in [4.69, 9.17) is 5.11 Å². The third-order valence-electron chi connectivity index (χ3n) is 3.26. The predicted molar refractivity (Wildman–Crippen MR) is 76.6 cm³/mol. The summed E-state index contributed by atoms with van der Waals surface area (Å²) < 4.78 is 3.57. The molecule has 0 unspecified atom stereocenters. The number of aryl methyl sites for hydroxylation is 3. The van der Waals surface area contributed by atoms with Gasteiger partial charge in [-0.2, -0.15) is 5.10 Å². The first-order chi connectivity index (χ1) is 9.91. The van der Waals surface area contributed by atoms with Gasteiger partial charge in [-0.05, 0) is 26.0 Å². The minimum Gasteiger partial charge on any atom is -0.481 e. The van der Waals surface area contributed by atoms with Crippen LogP contribution in [0.4, 0.5) is 0 Å². The van der Waals surface area contributed by atoms with Crippen LogP contribution in [0.3, 0.4) is 0 Å². The maximum absolute atomic E-state index is 12.2. The summed E-state index contributed by atoms with van der Waals surface area (Å²) in [7, 11) is 1.77. The molecule has 2 heterocycles. The highest BCUT2D eigenvalue weighted by molar-refractivity contribution is 5.97. The molecule has 0 atom stereocenters. The van der Waals surface area contributed by atoms with Gasteiger partial charge in [-0.15, -0.1) is 0 Å². The summed E-state index contributed by atoms with van der Waals surface area (Å²) in [6, 6.07) is 3.93. The molecule has 1 amide bonds. The predicted octanol–water partition coefficient (Wildman–Crippen LogP) is 1.03. The Morgan fingerprint density at radius 3 is 2.48 bits per heavy atom. The van der Waals surface area contributed by atoms with Crippen molar-refractivity contribution in [2.24, 2.45) is 7.05 Å². The molecule has 0 fully saturated rings. The lowest BCUT2D eigenvalue weighted by Gasteiger charge is -2.12. The molecular weight excluding hydrogens is 272 g/mol. The van der Waals surface area contributed by atoms with Gasteiger partial charge in [0, 0.05) is 25.0 Å². The smallest absolute Gasteiger partial charge is 0.305 e. The van der Waals surface area contributed by atoms with E-state index >= 15 is 0 Å². The molecule has 7 nitrogen and oxygen atoms in total. The highest BCUT2D eigenvalue weighted by atomic mass is 16.4. The van der Waals surface area contributed by atoms with Crippen molar-refractivity contribution in [2.45, 2.75) is 20.3 Å². The van der Waals surface area contributed by atoms with Crippen molar-refractivity contribution in [3.05, 3.63) is 35.3 Å². The molecular formula is C14H18N4O3. The van der Waals surface area contributed by atoms with Crippen LogP contribution in [0.2, 0.25) is 0 Å². The van der Waals surface area contributed by atoms with E-state index in [1.54, 1.807) is 11.7 Å². The molecule has 0 saturated carbocycles. The fourth-order valence-electron chi connectivity index (χ4n) is 2.24. The normalized spacial score (nSPS) is 10.6. The van der Waals surface area contributed by atoms with Crippen molar-refractivity contribution in [2.75, 3.05) is 6.54 Å². The molecule has 0 saturated heterocycles. The second-order valence-electron chi connectivity index (χ2n) is 4.86. The highest BCUT2D eigenvalue weighted by Gasteiger charge is 2.19. The summed E-state index contributed by atoms with van der Waals surface area (Å²) in [5, 5.41) is 15.3. The number of carboxylic acids is 1. The van der Waals surface area contributed by atoms with Crippen LogP contribution in [0.15, 0.2) is 18.3 Å². The average molecular weight is 290 g/mol. The van der Waals surface area contributed by atoms with Gasteiger partial charge in [0.25, 0.3) is 5.91 Å². The molecule has 0 aliphatic rings. The standard InChI is InChI=1S/C14H18N4O3/c1-9-4-5-10(2)18(9)14-11(8-16-17(14)3)13(21)15-7-6-12(19)20/h4-5,8H,6-7H2,1-3H3,(H,15,21)(H,19,20). The number of nitrogens with zero attached hydrogens (tertiary/aromatic N) is 3. The van der Waals surface area contributed by atoms with Crippen LogP contribution in [0, 0.1) is 13.8 Å². The topological polar surface area (TPSA) is 89.2 Å². The monoisotopic (exact) mass is 290 g/mol. The van der Waals surface area contributed by atoms with Gasteiger partial charge in [0.2, 0.25) is 0 Å². The summed E-state index contributed by atoms with van der Waals surface area (Å²) in [5.74, 6) is -0.603. The van der Waals surface area contributed by atoms with Crippen molar-refractivity contribution in [1.82, 2.24) is 19.7 Å². The first kappa shape index (κ1) is 14.8. The summed E-state index contributed by atoms with van der Waals surface area (Å²) >= 11 is 0. The van der Waals surface area contributed by atoms with Gasteiger partial charge in [0.05, 0.1) is 12.6 Å². The van der Waals surface area contributed by atoms with Crippen LogP contribution in [0.1, 0.15) is 28.2 Å². The van der Waals surface area contributed by atoms with Crippen molar-refractivity contribution in [1.29, 1.82) is 0 Å². The zero-order chi connectivity index (χ0) is 15.6. The Morgan fingerprint density at radius 1 is 1.29 bits per heavy atom. The van der Waals surface area contributed by atoms with E-state index in [2.05, 4.69) is 10.4 Å². The lowest BCUT2D eigenvalue weighted by Crippen LogP contribution is -2.27. The number of rotatable bonds is 5. The van der Waals surface area contributed by atoms with E-state index < -0.39 is 5.97 Å². The van der Waals surface area contributed by atoms with E-state index in [-0.39, 0.29) is 18.9 Å². The Labute approximate surface area is 122 Å². The molecule has 112 valence electrons. The van der Waals surface area contributed by atoms with Crippen molar-refractivity contribution in [3.63, 3.8) is 0 Å². The molecule has 0 radical (unpaired) electrons. The second-order valence-corrected chi connectivity index (χ2v) is 4.86. The van der Waals surface area contributed by atoms with Gasteiger partial charge in [0.1, 0.15) is 11.4 Å². The maximum Gasteiger partial charge on any atom is 0.305 e. The molecule has 2 N–H and O–H groups in total. The average Bonchev–Trinajstić information content (AvgIpc) is 2.92. The van der Waals surface area contributed by atoms with Gasteiger partial charge < -0.3 is 15.0 Å². The summed E-state index contributed by atoms with van der Waals surface area (Å²) in [6.07, 6.45) is 1.38. The Bertz CT molecular complexity index is 665. The number of aliphatic carboxylic acids is 1. The molecule has 2 rings (SSSR count).